The Morgan fingerprint density at radius 1 is 1.29 bits per heavy atom. The van der Waals surface area contributed by atoms with Crippen molar-refractivity contribution in [2.75, 3.05) is 30.8 Å². The molecule has 3 heterocycles. The first kappa shape index (κ1) is 13.7. The van der Waals surface area contributed by atoms with E-state index in [1.165, 1.54) is 17.3 Å². The summed E-state index contributed by atoms with van der Waals surface area (Å²) < 4.78 is 7.05. The molecule has 0 bridgehead atoms. The van der Waals surface area contributed by atoms with Gasteiger partial charge in [0, 0.05) is 20.2 Å². The van der Waals surface area contributed by atoms with Crippen LogP contribution in [0.15, 0.2) is 12.7 Å². The Hall–Kier alpha value is -2.29. The number of hydrogen-bond donors (Lipinski definition) is 1. The summed E-state index contributed by atoms with van der Waals surface area (Å²) in [7, 11) is 1.73. The van der Waals surface area contributed by atoms with E-state index in [2.05, 4.69) is 36.9 Å². The maximum atomic E-state index is 5.79. The van der Waals surface area contributed by atoms with Gasteiger partial charge in [0.15, 0.2) is 0 Å². The van der Waals surface area contributed by atoms with Crippen molar-refractivity contribution in [3.63, 3.8) is 0 Å². The first-order chi connectivity index (χ1) is 10.1. The van der Waals surface area contributed by atoms with Gasteiger partial charge in [0.1, 0.15) is 12.7 Å². The van der Waals surface area contributed by atoms with Gasteiger partial charge < -0.3 is 15.4 Å². The Morgan fingerprint density at radius 3 is 2.81 bits per heavy atom. The van der Waals surface area contributed by atoms with Crippen LogP contribution in [0.2, 0.25) is 0 Å². The van der Waals surface area contributed by atoms with E-state index in [1.807, 2.05) is 0 Å². The molecule has 3 rings (SSSR count). The van der Waals surface area contributed by atoms with Crippen LogP contribution in [0.25, 0.3) is 5.95 Å². The summed E-state index contributed by atoms with van der Waals surface area (Å²) in [6.07, 6.45) is 4.96. The molecule has 0 aliphatic carbocycles. The molecule has 0 spiro atoms. The highest BCUT2D eigenvalue weighted by molar-refractivity contribution is 5.38. The predicted molar refractivity (Wildman–Crippen MR) is 76.0 cm³/mol. The molecular formula is C12H18N8O. The normalized spacial score (nSPS) is 22.5. The second-order valence-corrected chi connectivity index (χ2v) is 5.31. The highest BCUT2D eigenvalue weighted by Crippen LogP contribution is 2.26. The van der Waals surface area contributed by atoms with E-state index in [0.717, 1.165) is 19.4 Å². The average Bonchev–Trinajstić information content (AvgIpc) is 3.01. The standard InChI is InChI=1S/C12H18N8O/c1-12(21-2)4-3-5-19(6-12)10-16-9(13)17-11(18-10)20-8-14-7-15-20/h7-8H,3-6H2,1-2H3,(H2,13,16,17,18). The van der Waals surface area contributed by atoms with Gasteiger partial charge in [-0.25, -0.2) is 4.98 Å². The van der Waals surface area contributed by atoms with Crippen molar-refractivity contribution in [1.82, 2.24) is 29.7 Å². The summed E-state index contributed by atoms with van der Waals surface area (Å²) in [6, 6.07) is 0. The van der Waals surface area contributed by atoms with Crippen molar-refractivity contribution in [1.29, 1.82) is 0 Å². The molecule has 1 saturated heterocycles. The van der Waals surface area contributed by atoms with Crippen molar-refractivity contribution in [3.8, 4) is 5.95 Å². The van der Waals surface area contributed by atoms with E-state index < -0.39 is 0 Å². The predicted octanol–water partition coefficient (Wildman–Crippen LogP) is 0.0398. The molecule has 2 aromatic rings. The molecule has 0 saturated carbocycles. The number of piperidine rings is 1. The zero-order chi connectivity index (χ0) is 14.9. The average molecular weight is 290 g/mol. The van der Waals surface area contributed by atoms with Crippen LogP contribution in [0.4, 0.5) is 11.9 Å². The molecule has 1 fully saturated rings. The van der Waals surface area contributed by atoms with Crippen LogP contribution in [-0.2, 0) is 4.74 Å². The molecule has 2 aromatic heterocycles. The number of methoxy groups -OCH3 is 1. The van der Waals surface area contributed by atoms with Crippen molar-refractivity contribution >= 4 is 11.9 Å². The molecule has 0 radical (unpaired) electrons. The fraction of sp³-hybridized carbons (Fsp3) is 0.583. The molecule has 0 amide bonds. The number of aromatic nitrogens is 6. The van der Waals surface area contributed by atoms with Crippen LogP contribution >= 0.6 is 0 Å². The van der Waals surface area contributed by atoms with Crippen LogP contribution in [0.5, 0.6) is 0 Å². The minimum atomic E-state index is -0.201. The molecular weight excluding hydrogens is 272 g/mol. The van der Waals surface area contributed by atoms with Crippen molar-refractivity contribution in [3.05, 3.63) is 12.7 Å². The quantitative estimate of drug-likeness (QED) is 0.844. The van der Waals surface area contributed by atoms with Gasteiger partial charge in [0.25, 0.3) is 5.95 Å². The summed E-state index contributed by atoms with van der Waals surface area (Å²) in [6.45, 7) is 3.66. The summed E-state index contributed by atoms with van der Waals surface area (Å²) in [5.74, 6) is 1.06. The van der Waals surface area contributed by atoms with Gasteiger partial charge in [-0.3, -0.25) is 0 Å². The van der Waals surface area contributed by atoms with Crippen LogP contribution in [0, 0.1) is 0 Å². The van der Waals surface area contributed by atoms with E-state index in [9.17, 15) is 0 Å². The number of nitrogen functional groups attached to an aromatic ring is 1. The lowest BCUT2D eigenvalue weighted by Crippen LogP contribution is -2.48. The molecule has 21 heavy (non-hydrogen) atoms. The van der Waals surface area contributed by atoms with E-state index in [-0.39, 0.29) is 11.5 Å². The van der Waals surface area contributed by atoms with Crippen molar-refractivity contribution < 1.29 is 4.74 Å². The number of hydrogen-bond acceptors (Lipinski definition) is 8. The topological polar surface area (TPSA) is 108 Å². The van der Waals surface area contributed by atoms with Gasteiger partial charge in [-0.1, -0.05) is 0 Å². The molecule has 1 aliphatic heterocycles. The molecule has 112 valence electrons. The lowest BCUT2D eigenvalue weighted by Gasteiger charge is -2.39. The first-order valence-corrected chi connectivity index (χ1v) is 6.76. The number of nitrogens with two attached hydrogens (primary N) is 1. The second-order valence-electron chi connectivity index (χ2n) is 5.31. The third-order valence-electron chi connectivity index (χ3n) is 3.69. The molecule has 1 aliphatic rings. The number of rotatable bonds is 3. The number of ether oxygens (including phenoxy) is 1. The van der Waals surface area contributed by atoms with Crippen molar-refractivity contribution in [2.24, 2.45) is 0 Å². The minimum absolute atomic E-state index is 0.162. The third kappa shape index (κ3) is 2.77. The van der Waals surface area contributed by atoms with Crippen LogP contribution in [0.1, 0.15) is 19.8 Å². The number of nitrogens with zero attached hydrogens (tertiary/aromatic N) is 7. The maximum Gasteiger partial charge on any atom is 0.258 e. The minimum Gasteiger partial charge on any atom is -0.377 e. The van der Waals surface area contributed by atoms with Gasteiger partial charge in [0.2, 0.25) is 11.9 Å². The highest BCUT2D eigenvalue weighted by atomic mass is 16.5. The fourth-order valence-electron chi connectivity index (χ4n) is 2.47. The van der Waals surface area contributed by atoms with E-state index in [4.69, 9.17) is 10.5 Å². The summed E-state index contributed by atoms with van der Waals surface area (Å²) >= 11 is 0. The Balaban J connectivity index is 1.92. The molecule has 9 heteroatoms. The molecule has 0 aromatic carbocycles. The van der Waals surface area contributed by atoms with Crippen LogP contribution in [-0.4, -0.2) is 55.5 Å². The van der Waals surface area contributed by atoms with Gasteiger partial charge >= 0.3 is 0 Å². The van der Waals surface area contributed by atoms with E-state index in [0.29, 0.717) is 18.4 Å². The highest BCUT2D eigenvalue weighted by Gasteiger charge is 2.32. The SMILES string of the molecule is COC1(C)CCCN(c2nc(N)nc(-n3cncn3)n2)C1. The zero-order valence-electron chi connectivity index (χ0n) is 12.1. The van der Waals surface area contributed by atoms with E-state index in [1.54, 1.807) is 7.11 Å². The molecule has 1 unspecified atom stereocenters. The van der Waals surface area contributed by atoms with Gasteiger partial charge in [-0.05, 0) is 19.8 Å². The first-order valence-electron chi connectivity index (χ1n) is 6.76. The second kappa shape index (κ2) is 5.24. The molecule has 2 N–H and O–H groups in total. The largest absolute Gasteiger partial charge is 0.377 e. The summed E-state index contributed by atoms with van der Waals surface area (Å²) in [5.41, 5.74) is 5.59. The van der Waals surface area contributed by atoms with Gasteiger partial charge in [-0.2, -0.15) is 24.7 Å². The molecule has 9 nitrogen and oxygen atoms in total. The lowest BCUT2D eigenvalue weighted by atomic mass is 9.95. The third-order valence-corrected chi connectivity index (χ3v) is 3.69. The fourth-order valence-corrected chi connectivity index (χ4v) is 2.47. The van der Waals surface area contributed by atoms with Gasteiger partial charge in [0.05, 0.1) is 5.60 Å². The smallest absolute Gasteiger partial charge is 0.258 e. The Morgan fingerprint density at radius 2 is 2.10 bits per heavy atom. The maximum absolute atomic E-state index is 5.79. The number of anilines is 2. The Kier molecular flexibility index (Phi) is 3.42. The molecule has 1 atom stereocenters. The Bertz CT molecular complexity index is 616. The lowest BCUT2D eigenvalue weighted by molar-refractivity contribution is -0.00499. The summed E-state index contributed by atoms with van der Waals surface area (Å²) in [4.78, 5) is 18.7. The van der Waals surface area contributed by atoms with E-state index >= 15 is 0 Å². The van der Waals surface area contributed by atoms with Crippen LogP contribution in [0.3, 0.4) is 0 Å². The van der Waals surface area contributed by atoms with Gasteiger partial charge in [-0.15, -0.1) is 0 Å². The van der Waals surface area contributed by atoms with Crippen molar-refractivity contribution in [2.45, 2.75) is 25.4 Å². The Labute approximate surface area is 122 Å². The monoisotopic (exact) mass is 290 g/mol. The van der Waals surface area contributed by atoms with Crippen LogP contribution < -0.4 is 10.6 Å². The zero-order valence-corrected chi connectivity index (χ0v) is 12.1. The summed E-state index contributed by atoms with van der Waals surface area (Å²) in [5, 5.41) is 4.01.